The smallest absolute Gasteiger partial charge is 0.342 e. The molecule has 40 heavy (non-hydrogen) atoms. The van der Waals surface area contributed by atoms with Gasteiger partial charge in [-0.2, -0.15) is 0 Å². The van der Waals surface area contributed by atoms with Crippen molar-refractivity contribution in [3.8, 4) is 0 Å². The van der Waals surface area contributed by atoms with Crippen molar-refractivity contribution < 1.29 is 58.6 Å². The lowest BCUT2D eigenvalue weighted by Crippen LogP contribution is -2.80. The Labute approximate surface area is 228 Å². The number of aliphatic hydroxyl groups excluding tert-OH is 2. The van der Waals surface area contributed by atoms with Gasteiger partial charge in [0.05, 0.1) is 36.6 Å². The van der Waals surface area contributed by atoms with Gasteiger partial charge in [0, 0.05) is 11.3 Å². The number of ketones is 2. The van der Waals surface area contributed by atoms with Crippen molar-refractivity contribution in [1.82, 2.24) is 0 Å². The molecule has 12 heteroatoms. The summed E-state index contributed by atoms with van der Waals surface area (Å²) in [5.74, 6) is -9.47. The molecule has 8 aliphatic rings. The lowest BCUT2D eigenvalue weighted by atomic mass is 9.46. The van der Waals surface area contributed by atoms with Crippen molar-refractivity contribution in [3.05, 3.63) is 12.2 Å². The zero-order chi connectivity index (χ0) is 28.5. The van der Waals surface area contributed by atoms with Gasteiger partial charge in [-0.15, -0.1) is 0 Å². The van der Waals surface area contributed by atoms with Crippen LogP contribution in [0.5, 0.6) is 0 Å². The Morgan fingerprint density at radius 3 is 2.58 bits per heavy atom. The van der Waals surface area contributed by atoms with Gasteiger partial charge in [0.1, 0.15) is 11.7 Å². The van der Waals surface area contributed by atoms with Crippen molar-refractivity contribution in [2.75, 3.05) is 13.2 Å². The number of aliphatic hydroxyl groups is 4. The summed E-state index contributed by atoms with van der Waals surface area (Å²) in [6.07, 6.45) is -0.222. The van der Waals surface area contributed by atoms with Crippen LogP contribution in [0.25, 0.3) is 0 Å². The maximum atomic E-state index is 14.9. The molecule has 7 fully saturated rings. The second kappa shape index (κ2) is 6.87. The first-order chi connectivity index (χ1) is 18.7. The predicted octanol–water partition coefficient (Wildman–Crippen LogP) is -1.30. The third-order valence-electron chi connectivity index (χ3n) is 12.7. The number of rotatable bonds is 1. The van der Waals surface area contributed by atoms with Crippen molar-refractivity contribution in [2.45, 2.75) is 86.4 Å². The number of Topliss-reactive ketones (excluding diaryl/α,β-unsaturated/α-hetero) is 1. The Balaban J connectivity index is 1.44. The number of carbonyl (C=O) groups is 4. The van der Waals surface area contributed by atoms with Gasteiger partial charge in [-0.3, -0.25) is 14.4 Å². The number of hydrogen-bond acceptors (Lipinski definition) is 12. The van der Waals surface area contributed by atoms with Crippen LogP contribution in [0.15, 0.2) is 12.2 Å². The molecule has 0 unspecified atom stereocenters. The molecule has 2 saturated carbocycles. The molecule has 12 nitrogen and oxygen atoms in total. The van der Waals surface area contributed by atoms with Crippen molar-refractivity contribution >= 4 is 23.5 Å². The Hall–Kier alpha value is -2.22. The molecule has 5 saturated heterocycles. The summed E-state index contributed by atoms with van der Waals surface area (Å²) in [5.41, 5.74) is -11.3. The molecular weight excluding hydrogens is 528 g/mol. The average Bonchev–Trinajstić information content (AvgIpc) is 3.22. The van der Waals surface area contributed by atoms with Gasteiger partial charge in [0.2, 0.25) is 5.79 Å². The molecular formula is C28H32O12. The summed E-state index contributed by atoms with van der Waals surface area (Å²) in [6, 6.07) is 0. The molecule has 13 atom stereocenters. The normalized spacial score (nSPS) is 60.8. The van der Waals surface area contributed by atoms with E-state index >= 15 is 0 Å². The van der Waals surface area contributed by atoms with Crippen molar-refractivity contribution in [3.63, 3.8) is 0 Å². The molecule has 5 heterocycles. The summed E-state index contributed by atoms with van der Waals surface area (Å²) >= 11 is 0. The highest BCUT2D eigenvalue weighted by Gasteiger charge is 2.94. The molecule has 2 spiro atoms. The number of hydrogen-bond donors (Lipinski definition) is 4. The second-order valence-electron chi connectivity index (χ2n) is 13.6. The maximum absolute atomic E-state index is 14.9. The summed E-state index contributed by atoms with van der Waals surface area (Å²) in [5, 5.41) is 46.5. The fourth-order valence-electron chi connectivity index (χ4n) is 10.6. The summed E-state index contributed by atoms with van der Waals surface area (Å²) in [7, 11) is 0. The quantitative estimate of drug-likeness (QED) is 0.278. The van der Waals surface area contributed by atoms with Gasteiger partial charge >= 0.3 is 11.9 Å². The van der Waals surface area contributed by atoms with Crippen molar-refractivity contribution in [1.29, 1.82) is 0 Å². The van der Waals surface area contributed by atoms with E-state index in [9.17, 15) is 39.6 Å². The van der Waals surface area contributed by atoms with Gasteiger partial charge in [-0.05, 0) is 57.9 Å². The van der Waals surface area contributed by atoms with Crippen molar-refractivity contribution in [2.24, 2.45) is 34.5 Å². The molecule has 8 rings (SSSR count). The molecule has 0 radical (unpaired) electrons. The molecule has 3 aliphatic carbocycles. The minimum atomic E-state index is -2.43. The lowest BCUT2D eigenvalue weighted by molar-refractivity contribution is -0.384. The Bertz CT molecular complexity index is 1340. The first-order valence-corrected chi connectivity index (χ1v) is 14.0. The fourth-order valence-corrected chi connectivity index (χ4v) is 10.6. The van der Waals surface area contributed by atoms with Crippen LogP contribution < -0.4 is 0 Å². The molecule has 0 amide bonds. The number of fused-ring (bicyclic) bond motifs is 5. The van der Waals surface area contributed by atoms with Crippen LogP contribution in [0.1, 0.15) is 46.0 Å². The number of allylic oxidation sites excluding steroid dienone is 1. The average molecular weight is 561 g/mol. The van der Waals surface area contributed by atoms with Crippen LogP contribution in [-0.2, 0) is 38.1 Å². The zero-order valence-corrected chi connectivity index (χ0v) is 22.1. The third kappa shape index (κ3) is 2.12. The van der Waals surface area contributed by atoms with Gasteiger partial charge < -0.3 is 39.4 Å². The van der Waals surface area contributed by atoms with Gasteiger partial charge in [0.15, 0.2) is 28.4 Å². The van der Waals surface area contributed by atoms with Crippen LogP contribution in [0, 0.1) is 34.5 Å². The standard InChI is InChI=1S/C28H32O12/c1-22-12-5-7-26(36)21(34)39-23(2)17-9-24(11-29)14(20(33)38-17)10-37-27(19(32)18(24)28(23,26)40-27)13(12)8-16(31)25(22,35)6-3-4-15(22)30/h3-4,12-14,16-18,29,31,35-36H,5-11H2,1-2H3/t12-,13+,14-,16+,17+,18-,22-,23-,24-,25+,26-,27-,28-/m0/s1. The van der Waals surface area contributed by atoms with E-state index < -0.39 is 105 Å². The van der Waals surface area contributed by atoms with Gasteiger partial charge in [0.25, 0.3) is 0 Å². The molecule has 5 bridgehead atoms. The second-order valence-corrected chi connectivity index (χ2v) is 13.6. The SMILES string of the molecule is C[C@]12OC(=O)[C@@]3(O)CC[C@H]4[C@@H](C[C@@H](O)[C@]5(O)CC=CC(=O)[C@]45C)[C@@]45OC[C@H]6C(=O)O[C@@H]1C[C@@]6(CO)[C@H](C4=O)[C@]23O5. The monoisotopic (exact) mass is 560 g/mol. The third-order valence-corrected chi connectivity index (χ3v) is 12.7. The van der Waals surface area contributed by atoms with Gasteiger partial charge in [-0.1, -0.05) is 6.08 Å². The summed E-state index contributed by atoms with van der Waals surface area (Å²) < 4.78 is 24.7. The highest BCUT2D eigenvalue weighted by atomic mass is 16.8. The van der Waals surface area contributed by atoms with Crippen LogP contribution in [0.3, 0.4) is 0 Å². The minimum absolute atomic E-state index is 0.00627. The molecule has 0 aromatic heterocycles. The zero-order valence-electron chi connectivity index (χ0n) is 22.1. The predicted molar refractivity (Wildman–Crippen MR) is 127 cm³/mol. The van der Waals surface area contributed by atoms with E-state index in [0.717, 1.165) is 0 Å². The Morgan fingerprint density at radius 2 is 1.85 bits per heavy atom. The van der Waals surface area contributed by atoms with E-state index in [1.54, 1.807) is 0 Å². The molecule has 4 N–H and O–H groups in total. The lowest BCUT2D eigenvalue weighted by Gasteiger charge is -2.64. The van der Waals surface area contributed by atoms with E-state index in [1.165, 1.54) is 26.0 Å². The minimum Gasteiger partial charge on any atom is -0.458 e. The molecule has 0 aromatic rings. The van der Waals surface area contributed by atoms with Crippen LogP contribution in [0.2, 0.25) is 0 Å². The summed E-state index contributed by atoms with van der Waals surface area (Å²) in [4.78, 5) is 55.6. The highest BCUT2D eigenvalue weighted by Crippen LogP contribution is 2.75. The molecule has 5 aliphatic heterocycles. The maximum Gasteiger partial charge on any atom is 0.342 e. The van der Waals surface area contributed by atoms with E-state index in [0.29, 0.717) is 0 Å². The molecule has 216 valence electrons. The number of carbonyl (C=O) groups excluding carboxylic acids is 4. The Morgan fingerprint density at radius 1 is 1.10 bits per heavy atom. The largest absolute Gasteiger partial charge is 0.458 e. The number of esters is 2. The first kappa shape index (κ1) is 25.5. The summed E-state index contributed by atoms with van der Waals surface area (Å²) in [6.45, 7) is 2.02. The van der Waals surface area contributed by atoms with Crippen LogP contribution >= 0.6 is 0 Å². The van der Waals surface area contributed by atoms with E-state index in [2.05, 4.69) is 0 Å². The van der Waals surface area contributed by atoms with Crippen LogP contribution in [-0.4, -0.2) is 97.5 Å². The van der Waals surface area contributed by atoms with Crippen LogP contribution in [0.4, 0.5) is 0 Å². The number of ether oxygens (including phenoxy) is 4. The van der Waals surface area contributed by atoms with E-state index in [4.69, 9.17) is 18.9 Å². The highest BCUT2D eigenvalue weighted by molar-refractivity contribution is 6.00. The molecule has 0 aromatic carbocycles. The fraction of sp³-hybridized carbons (Fsp3) is 0.786. The van der Waals surface area contributed by atoms with E-state index in [-0.39, 0.29) is 38.7 Å². The Kier molecular flexibility index (Phi) is 4.38. The van der Waals surface area contributed by atoms with E-state index in [1.807, 2.05) is 0 Å². The van der Waals surface area contributed by atoms with Gasteiger partial charge in [-0.25, -0.2) is 4.79 Å². The topological polar surface area (TPSA) is 186 Å². The first-order valence-electron chi connectivity index (χ1n) is 14.0.